The summed E-state index contributed by atoms with van der Waals surface area (Å²) < 4.78 is 25.5. The lowest BCUT2D eigenvalue weighted by Crippen LogP contribution is -2.28. The largest absolute Gasteiger partial charge is 0.337 e. The van der Waals surface area contributed by atoms with E-state index in [0.717, 1.165) is 5.56 Å². The van der Waals surface area contributed by atoms with E-state index in [9.17, 15) is 13.2 Å². The second-order valence-corrected chi connectivity index (χ2v) is 8.53. The number of nitrogens with zero attached hydrogens (tertiary/aromatic N) is 2. The predicted molar refractivity (Wildman–Crippen MR) is 99.4 cm³/mol. The molecular weight excluding hydrogens is 360 g/mol. The summed E-state index contributed by atoms with van der Waals surface area (Å²) in [5.74, 6) is -0.0155. The van der Waals surface area contributed by atoms with Crippen LogP contribution in [-0.2, 0) is 16.6 Å². The molecule has 0 aliphatic carbocycles. The fraction of sp³-hybridized carbons (Fsp3) is 0.278. The van der Waals surface area contributed by atoms with Crippen LogP contribution < -0.4 is 4.31 Å². The van der Waals surface area contributed by atoms with Crippen LogP contribution in [0.4, 0.5) is 5.69 Å². The molecule has 1 fully saturated rings. The number of anilines is 1. The van der Waals surface area contributed by atoms with Crippen LogP contribution in [0.15, 0.2) is 48.5 Å². The molecule has 1 aliphatic heterocycles. The number of sulfonamides is 1. The normalized spacial score (nSPS) is 16.0. The van der Waals surface area contributed by atoms with Crippen molar-refractivity contribution < 1.29 is 13.2 Å². The van der Waals surface area contributed by atoms with E-state index in [1.54, 1.807) is 42.3 Å². The standard InChI is InChI=1S/C18H19ClN2O3S/c1-20(13-14-5-2-7-16(19)11-14)18(22)15-6-3-8-17(12-15)21-9-4-10-25(21,23)24/h2-3,5-8,11-12H,4,9-10,13H2,1H3. The molecule has 1 amide bonds. The molecule has 0 unspecified atom stereocenters. The summed E-state index contributed by atoms with van der Waals surface area (Å²) in [7, 11) is -1.55. The lowest BCUT2D eigenvalue weighted by atomic mass is 10.1. The van der Waals surface area contributed by atoms with E-state index in [0.29, 0.717) is 35.8 Å². The Morgan fingerprint density at radius 1 is 1.20 bits per heavy atom. The minimum Gasteiger partial charge on any atom is -0.337 e. The summed E-state index contributed by atoms with van der Waals surface area (Å²) >= 11 is 5.98. The molecule has 132 valence electrons. The Labute approximate surface area is 152 Å². The molecule has 3 rings (SSSR count). The summed E-state index contributed by atoms with van der Waals surface area (Å²) in [5, 5.41) is 0.625. The average Bonchev–Trinajstić information content (AvgIpc) is 2.93. The molecule has 0 spiro atoms. The molecule has 0 saturated carbocycles. The first kappa shape index (κ1) is 17.8. The number of rotatable bonds is 4. The van der Waals surface area contributed by atoms with Gasteiger partial charge in [-0.25, -0.2) is 8.42 Å². The van der Waals surface area contributed by atoms with E-state index in [2.05, 4.69) is 0 Å². The highest BCUT2D eigenvalue weighted by Crippen LogP contribution is 2.25. The van der Waals surface area contributed by atoms with E-state index in [-0.39, 0.29) is 11.7 Å². The zero-order chi connectivity index (χ0) is 18.0. The van der Waals surface area contributed by atoms with E-state index >= 15 is 0 Å². The van der Waals surface area contributed by atoms with Gasteiger partial charge in [0.05, 0.1) is 11.4 Å². The topological polar surface area (TPSA) is 57.7 Å². The number of hydrogen-bond donors (Lipinski definition) is 0. The molecule has 5 nitrogen and oxygen atoms in total. The lowest BCUT2D eigenvalue weighted by molar-refractivity contribution is 0.0785. The van der Waals surface area contributed by atoms with Gasteiger partial charge in [0.25, 0.3) is 5.91 Å². The smallest absolute Gasteiger partial charge is 0.253 e. The molecule has 2 aromatic rings. The van der Waals surface area contributed by atoms with Crippen molar-refractivity contribution in [1.82, 2.24) is 4.90 Å². The van der Waals surface area contributed by atoms with Gasteiger partial charge in [-0.2, -0.15) is 0 Å². The maximum Gasteiger partial charge on any atom is 0.253 e. The zero-order valence-electron chi connectivity index (χ0n) is 13.9. The molecule has 1 heterocycles. The van der Waals surface area contributed by atoms with E-state index < -0.39 is 10.0 Å². The number of hydrogen-bond acceptors (Lipinski definition) is 3. The van der Waals surface area contributed by atoms with Crippen molar-refractivity contribution in [3.05, 3.63) is 64.7 Å². The molecule has 0 radical (unpaired) electrons. The average molecular weight is 379 g/mol. The van der Waals surface area contributed by atoms with Crippen LogP contribution in [-0.4, -0.2) is 38.6 Å². The van der Waals surface area contributed by atoms with Crippen LogP contribution in [0.25, 0.3) is 0 Å². The van der Waals surface area contributed by atoms with Crippen LogP contribution in [0.2, 0.25) is 5.02 Å². The van der Waals surface area contributed by atoms with Crippen molar-refractivity contribution >= 4 is 33.2 Å². The maximum absolute atomic E-state index is 12.7. The van der Waals surface area contributed by atoms with Crippen molar-refractivity contribution in [1.29, 1.82) is 0 Å². The van der Waals surface area contributed by atoms with Gasteiger partial charge in [0.1, 0.15) is 0 Å². The molecule has 0 bridgehead atoms. The second-order valence-electron chi connectivity index (χ2n) is 6.08. The highest BCUT2D eigenvalue weighted by atomic mass is 35.5. The van der Waals surface area contributed by atoms with Gasteiger partial charge in [-0.3, -0.25) is 9.10 Å². The van der Waals surface area contributed by atoms with Crippen molar-refractivity contribution in [3.63, 3.8) is 0 Å². The number of halogens is 1. The summed E-state index contributed by atoms with van der Waals surface area (Å²) in [6.45, 7) is 0.879. The van der Waals surface area contributed by atoms with Crippen LogP contribution in [0, 0.1) is 0 Å². The lowest BCUT2D eigenvalue weighted by Gasteiger charge is -2.20. The van der Waals surface area contributed by atoms with Gasteiger partial charge in [0.15, 0.2) is 0 Å². The molecule has 2 aromatic carbocycles. The summed E-state index contributed by atoms with van der Waals surface area (Å²) in [5.41, 5.74) is 1.94. The fourth-order valence-corrected chi connectivity index (χ4v) is 4.69. The van der Waals surface area contributed by atoms with Gasteiger partial charge in [0, 0.05) is 30.7 Å². The highest BCUT2D eigenvalue weighted by molar-refractivity contribution is 7.93. The highest BCUT2D eigenvalue weighted by Gasteiger charge is 2.28. The summed E-state index contributed by atoms with van der Waals surface area (Å²) in [6.07, 6.45) is 0.606. The van der Waals surface area contributed by atoms with Crippen molar-refractivity contribution in [2.75, 3.05) is 23.7 Å². The number of carbonyl (C=O) groups excluding carboxylic acids is 1. The molecular formula is C18H19ClN2O3S. The Balaban J connectivity index is 1.79. The summed E-state index contributed by atoms with van der Waals surface area (Å²) in [6, 6.07) is 14.1. The van der Waals surface area contributed by atoms with Crippen LogP contribution >= 0.6 is 11.6 Å². The molecule has 7 heteroatoms. The number of benzene rings is 2. The molecule has 0 atom stereocenters. The zero-order valence-corrected chi connectivity index (χ0v) is 15.4. The third kappa shape index (κ3) is 3.96. The van der Waals surface area contributed by atoms with Gasteiger partial charge >= 0.3 is 0 Å². The fourth-order valence-electron chi connectivity index (χ4n) is 2.92. The minimum absolute atomic E-state index is 0.153. The molecule has 25 heavy (non-hydrogen) atoms. The molecule has 0 aromatic heterocycles. The Kier molecular flexibility index (Phi) is 5.01. The van der Waals surface area contributed by atoms with Crippen molar-refractivity contribution in [3.8, 4) is 0 Å². The van der Waals surface area contributed by atoms with Gasteiger partial charge < -0.3 is 4.90 Å². The van der Waals surface area contributed by atoms with Gasteiger partial charge in [0.2, 0.25) is 10.0 Å². The first-order valence-corrected chi connectivity index (χ1v) is 9.96. The van der Waals surface area contributed by atoms with Gasteiger partial charge in [-0.1, -0.05) is 29.8 Å². The third-order valence-electron chi connectivity index (χ3n) is 4.14. The van der Waals surface area contributed by atoms with E-state index in [1.165, 1.54) is 4.31 Å². The van der Waals surface area contributed by atoms with Crippen LogP contribution in [0.3, 0.4) is 0 Å². The summed E-state index contributed by atoms with van der Waals surface area (Å²) in [4.78, 5) is 14.3. The minimum atomic E-state index is -3.26. The Hall–Kier alpha value is -2.05. The number of amides is 1. The first-order chi connectivity index (χ1) is 11.9. The SMILES string of the molecule is CN(Cc1cccc(Cl)c1)C(=O)c1cccc(N2CCCS2(=O)=O)c1. The Morgan fingerprint density at radius 3 is 2.64 bits per heavy atom. The maximum atomic E-state index is 12.7. The first-order valence-electron chi connectivity index (χ1n) is 7.97. The van der Waals surface area contributed by atoms with Crippen molar-refractivity contribution in [2.24, 2.45) is 0 Å². The van der Waals surface area contributed by atoms with Crippen LogP contribution in [0.1, 0.15) is 22.3 Å². The van der Waals surface area contributed by atoms with E-state index in [1.807, 2.05) is 18.2 Å². The van der Waals surface area contributed by atoms with E-state index in [4.69, 9.17) is 11.6 Å². The Morgan fingerprint density at radius 2 is 1.96 bits per heavy atom. The third-order valence-corrected chi connectivity index (χ3v) is 6.24. The monoisotopic (exact) mass is 378 g/mol. The quantitative estimate of drug-likeness (QED) is 0.821. The van der Waals surface area contributed by atoms with Gasteiger partial charge in [-0.05, 0) is 42.3 Å². The Bertz CT molecular complexity index is 899. The van der Waals surface area contributed by atoms with Gasteiger partial charge in [-0.15, -0.1) is 0 Å². The number of carbonyl (C=O) groups is 1. The molecule has 1 saturated heterocycles. The predicted octanol–water partition coefficient (Wildman–Crippen LogP) is 3.15. The second kappa shape index (κ2) is 7.06. The van der Waals surface area contributed by atoms with Crippen LogP contribution in [0.5, 0.6) is 0 Å². The molecule has 0 N–H and O–H groups in total. The van der Waals surface area contributed by atoms with Crippen molar-refractivity contribution in [2.45, 2.75) is 13.0 Å². The molecule has 1 aliphatic rings.